The molecule has 1 aliphatic heterocycles. The van der Waals surface area contributed by atoms with Gasteiger partial charge in [-0.1, -0.05) is 0 Å². The molecular weight excluding hydrogens is 196 g/mol. The van der Waals surface area contributed by atoms with Crippen LogP contribution < -0.4 is 10.6 Å². The van der Waals surface area contributed by atoms with Gasteiger partial charge in [0.05, 0.1) is 0 Å². The van der Waals surface area contributed by atoms with E-state index in [1.807, 2.05) is 0 Å². The number of hydrogen-bond donors (Lipinski definition) is 1. The first-order valence-corrected chi connectivity index (χ1v) is 5.82. The Morgan fingerprint density at radius 3 is 3.14 bits per heavy atom. The first-order chi connectivity index (χ1) is 6.81. The molecule has 78 valence electrons. The molecule has 1 aliphatic rings. The molecule has 4 nitrogen and oxygen atoms in total. The maximum atomic E-state index is 5.71. The van der Waals surface area contributed by atoms with Gasteiger partial charge in [-0.2, -0.15) is 4.37 Å². The molecular formula is C9H16N4S. The van der Waals surface area contributed by atoms with Crippen molar-refractivity contribution in [1.29, 1.82) is 0 Å². The lowest BCUT2D eigenvalue weighted by molar-refractivity contribution is 0.373. The SMILES string of the molecule is CC1CCC(CN)CN1c1ncns1. The molecule has 2 N–H and O–H groups in total. The number of hydrogen-bond acceptors (Lipinski definition) is 5. The van der Waals surface area contributed by atoms with E-state index in [4.69, 9.17) is 5.73 Å². The van der Waals surface area contributed by atoms with Crippen LogP contribution in [-0.2, 0) is 0 Å². The fourth-order valence-electron chi connectivity index (χ4n) is 1.93. The fraction of sp³-hybridized carbons (Fsp3) is 0.778. The number of piperidine rings is 1. The molecule has 2 unspecified atom stereocenters. The van der Waals surface area contributed by atoms with Gasteiger partial charge in [-0.05, 0) is 32.2 Å². The van der Waals surface area contributed by atoms with Gasteiger partial charge in [-0.3, -0.25) is 0 Å². The van der Waals surface area contributed by atoms with Crippen LogP contribution in [0.5, 0.6) is 0 Å². The Morgan fingerprint density at radius 2 is 2.50 bits per heavy atom. The smallest absolute Gasteiger partial charge is 0.205 e. The van der Waals surface area contributed by atoms with E-state index >= 15 is 0 Å². The Hall–Kier alpha value is -0.680. The van der Waals surface area contributed by atoms with E-state index in [0.717, 1.165) is 18.2 Å². The van der Waals surface area contributed by atoms with Gasteiger partial charge in [0.1, 0.15) is 6.33 Å². The Labute approximate surface area is 88.3 Å². The molecule has 14 heavy (non-hydrogen) atoms. The van der Waals surface area contributed by atoms with E-state index in [-0.39, 0.29) is 0 Å². The highest BCUT2D eigenvalue weighted by Crippen LogP contribution is 2.27. The van der Waals surface area contributed by atoms with Gasteiger partial charge in [0, 0.05) is 24.1 Å². The zero-order chi connectivity index (χ0) is 9.97. The zero-order valence-corrected chi connectivity index (χ0v) is 9.20. The molecule has 1 fully saturated rings. The Kier molecular flexibility index (Phi) is 2.98. The van der Waals surface area contributed by atoms with Gasteiger partial charge in [-0.25, -0.2) is 4.98 Å². The third-order valence-corrected chi connectivity index (χ3v) is 3.61. The van der Waals surface area contributed by atoms with Crippen LogP contribution >= 0.6 is 11.5 Å². The summed E-state index contributed by atoms with van der Waals surface area (Å²) in [4.78, 5) is 6.58. The van der Waals surface area contributed by atoms with Crippen LogP contribution in [0.1, 0.15) is 19.8 Å². The summed E-state index contributed by atoms with van der Waals surface area (Å²) >= 11 is 1.47. The van der Waals surface area contributed by atoms with Crippen LogP contribution in [-0.4, -0.2) is 28.5 Å². The van der Waals surface area contributed by atoms with Gasteiger partial charge in [-0.15, -0.1) is 0 Å². The molecule has 2 heterocycles. The average Bonchev–Trinajstić information content (AvgIpc) is 2.71. The second-order valence-electron chi connectivity index (χ2n) is 3.90. The van der Waals surface area contributed by atoms with Gasteiger partial charge in [0.15, 0.2) is 0 Å². The molecule has 2 atom stereocenters. The van der Waals surface area contributed by atoms with Crippen LogP contribution in [0.3, 0.4) is 0 Å². The van der Waals surface area contributed by atoms with Crippen molar-refractivity contribution in [3.63, 3.8) is 0 Å². The molecule has 0 aliphatic carbocycles. The zero-order valence-electron chi connectivity index (χ0n) is 8.39. The summed E-state index contributed by atoms with van der Waals surface area (Å²) in [5.74, 6) is 0.620. The highest BCUT2D eigenvalue weighted by Gasteiger charge is 2.26. The van der Waals surface area contributed by atoms with E-state index in [0.29, 0.717) is 12.0 Å². The van der Waals surface area contributed by atoms with E-state index in [2.05, 4.69) is 21.2 Å². The number of rotatable bonds is 2. The van der Waals surface area contributed by atoms with E-state index in [1.165, 1.54) is 24.4 Å². The molecule has 2 rings (SSSR count). The Bertz CT molecular complexity index is 274. The largest absolute Gasteiger partial charge is 0.344 e. The highest BCUT2D eigenvalue weighted by atomic mass is 32.1. The predicted molar refractivity (Wildman–Crippen MR) is 58.5 cm³/mol. The first kappa shape index (κ1) is 9.86. The molecule has 1 aromatic heterocycles. The second-order valence-corrected chi connectivity index (χ2v) is 4.66. The van der Waals surface area contributed by atoms with Gasteiger partial charge < -0.3 is 10.6 Å². The van der Waals surface area contributed by atoms with Crippen molar-refractivity contribution >= 4 is 16.7 Å². The summed E-state index contributed by atoms with van der Waals surface area (Å²) in [5, 5.41) is 1.04. The standard InChI is InChI=1S/C9H16N4S/c1-7-2-3-8(4-10)5-13(7)9-11-6-12-14-9/h6-8H,2-5,10H2,1H3. The second kappa shape index (κ2) is 4.23. The lowest BCUT2D eigenvalue weighted by atomic mass is 9.94. The van der Waals surface area contributed by atoms with Gasteiger partial charge in [0.25, 0.3) is 0 Å². The van der Waals surface area contributed by atoms with Crippen LogP contribution in [0.15, 0.2) is 6.33 Å². The molecule has 0 bridgehead atoms. The van der Waals surface area contributed by atoms with Crippen LogP contribution in [0.4, 0.5) is 5.13 Å². The van der Waals surface area contributed by atoms with Crippen LogP contribution in [0.2, 0.25) is 0 Å². The number of anilines is 1. The summed E-state index contributed by atoms with van der Waals surface area (Å²) < 4.78 is 4.04. The lowest BCUT2D eigenvalue weighted by Gasteiger charge is -2.37. The minimum atomic E-state index is 0.575. The van der Waals surface area contributed by atoms with Crippen molar-refractivity contribution in [2.75, 3.05) is 18.0 Å². The minimum absolute atomic E-state index is 0.575. The monoisotopic (exact) mass is 212 g/mol. The number of nitrogens with zero attached hydrogens (tertiary/aromatic N) is 3. The summed E-state index contributed by atoms with van der Waals surface area (Å²) in [6.07, 6.45) is 4.08. The van der Waals surface area contributed by atoms with E-state index < -0.39 is 0 Å². The predicted octanol–water partition coefficient (Wildman–Crippen LogP) is 1.10. The average molecular weight is 212 g/mol. The van der Waals surface area contributed by atoms with Gasteiger partial charge in [0.2, 0.25) is 5.13 Å². The maximum absolute atomic E-state index is 5.71. The summed E-state index contributed by atoms with van der Waals surface area (Å²) in [6.45, 7) is 4.06. The minimum Gasteiger partial charge on any atom is -0.344 e. The lowest BCUT2D eigenvalue weighted by Crippen LogP contribution is -2.43. The highest BCUT2D eigenvalue weighted by molar-refractivity contribution is 7.09. The van der Waals surface area contributed by atoms with Crippen molar-refractivity contribution in [3.8, 4) is 0 Å². The summed E-state index contributed by atoms with van der Waals surface area (Å²) in [6, 6.07) is 0.575. The third kappa shape index (κ3) is 1.88. The van der Waals surface area contributed by atoms with Crippen molar-refractivity contribution in [2.45, 2.75) is 25.8 Å². The summed E-state index contributed by atoms with van der Waals surface area (Å²) in [5.41, 5.74) is 5.71. The van der Waals surface area contributed by atoms with Gasteiger partial charge >= 0.3 is 0 Å². The molecule has 0 spiro atoms. The topological polar surface area (TPSA) is 55.0 Å². The maximum Gasteiger partial charge on any atom is 0.205 e. The molecule has 0 amide bonds. The molecule has 1 saturated heterocycles. The first-order valence-electron chi connectivity index (χ1n) is 5.04. The van der Waals surface area contributed by atoms with Crippen molar-refractivity contribution in [1.82, 2.24) is 9.36 Å². The Balaban J connectivity index is 2.09. The molecule has 5 heteroatoms. The van der Waals surface area contributed by atoms with Crippen molar-refractivity contribution in [2.24, 2.45) is 11.7 Å². The van der Waals surface area contributed by atoms with Crippen LogP contribution in [0.25, 0.3) is 0 Å². The summed E-state index contributed by atoms with van der Waals surface area (Å²) in [7, 11) is 0. The van der Waals surface area contributed by atoms with Crippen LogP contribution in [0, 0.1) is 5.92 Å². The van der Waals surface area contributed by atoms with E-state index in [9.17, 15) is 0 Å². The quantitative estimate of drug-likeness (QED) is 0.797. The molecule has 0 saturated carbocycles. The molecule has 0 radical (unpaired) electrons. The molecule has 0 aromatic carbocycles. The van der Waals surface area contributed by atoms with Crippen molar-refractivity contribution < 1.29 is 0 Å². The fourth-order valence-corrected chi connectivity index (χ4v) is 2.58. The molecule has 1 aromatic rings. The van der Waals surface area contributed by atoms with E-state index in [1.54, 1.807) is 6.33 Å². The Morgan fingerprint density at radius 1 is 1.64 bits per heavy atom. The normalized spacial score (nSPS) is 28.0. The third-order valence-electron chi connectivity index (χ3n) is 2.91. The van der Waals surface area contributed by atoms with Crippen molar-refractivity contribution in [3.05, 3.63) is 6.33 Å². The number of nitrogens with two attached hydrogens (primary N) is 1. The number of aromatic nitrogens is 2.